The minimum absolute atomic E-state index is 0.469. The number of nitrogens with one attached hydrogen (secondary N) is 1. The molecule has 102 valence electrons. The highest BCUT2D eigenvalue weighted by molar-refractivity contribution is 9.11. The summed E-state index contributed by atoms with van der Waals surface area (Å²) in [4.78, 5) is 1.43. The van der Waals surface area contributed by atoms with Crippen LogP contribution in [0.25, 0.3) is 0 Å². The van der Waals surface area contributed by atoms with Crippen LogP contribution < -0.4 is 5.32 Å². The molecule has 1 nitrogen and oxygen atoms in total. The van der Waals surface area contributed by atoms with Crippen molar-refractivity contribution in [2.24, 2.45) is 0 Å². The van der Waals surface area contributed by atoms with Gasteiger partial charge in [0.25, 0.3) is 0 Å². The van der Waals surface area contributed by atoms with Crippen LogP contribution in [0.1, 0.15) is 36.2 Å². The van der Waals surface area contributed by atoms with Crippen LogP contribution in [0.3, 0.4) is 0 Å². The quantitative estimate of drug-likeness (QED) is 0.733. The lowest BCUT2D eigenvalue weighted by Crippen LogP contribution is -2.21. The summed E-state index contributed by atoms with van der Waals surface area (Å²) in [6.45, 7) is 3.29. The van der Waals surface area contributed by atoms with Gasteiger partial charge in [-0.3, -0.25) is 0 Å². The molecule has 0 radical (unpaired) electrons. The summed E-state index contributed by atoms with van der Waals surface area (Å²) in [5.74, 6) is 0. The van der Waals surface area contributed by atoms with Crippen LogP contribution in [-0.4, -0.2) is 6.54 Å². The van der Waals surface area contributed by atoms with E-state index in [1.165, 1.54) is 20.6 Å². The van der Waals surface area contributed by atoms with Gasteiger partial charge >= 0.3 is 0 Å². The van der Waals surface area contributed by atoms with Crippen molar-refractivity contribution < 1.29 is 0 Å². The van der Waals surface area contributed by atoms with E-state index < -0.39 is 0 Å². The summed E-state index contributed by atoms with van der Waals surface area (Å²) in [6.07, 6.45) is 3.45. The maximum absolute atomic E-state index is 3.66. The normalized spacial score (nSPS) is 12.5. The second kappa shape index (κ2) is 7.83. The predicted octanol–water partition coefficient (Wildman–Crippen LogP) is 5.18. The Morgan fingerprint density at radius 2 is 1.95 bits per heavy atom. The van der Waals surface area contributed by atoms with Gasteiger partial charge in [0.15, 0.2) is 0 Å². The largest absolute Gasteiger partial charge is 0.309 e. The fraction of sp³-hybridized carbons (Fsp3) is 0.375. The first-order valence-electron chi connectivity index (χ1n) is 6.82. The van der Waals surface area contributed by atoms with Crippen molar-refractivity contribution in [3.05, 3.63) is 56.7 Å². The van der Waals surface area contributed by atoms with Gasteiger partial charge in [-0.1, -0.05) is 37.3 Å². The maximum atomic E-state index is 3.66. The van der Waals surface area contributed by atoms with Gasteiger partial charge in [-0.05, 0) is 59.4 Å². The molecule has 0 fully saturated rings. The third-order valence-corrected chi connectivity index (χ3v) is 4.88. The minimum atomic E-state index is 0.469. The SMILES string of the molecule is CCCNC(CCc1ccccc1)c1ccc(Br)s1. The third kappa shape index (κ3) is 4.75. The van der Waals surface area contributed by atoms with E-state index in [-0.39, 0.29) is 0 Å². The first kappa shape index (κ1) is 14.8. The number of rotatable bonds is 7. The molecule has 2 rings (SSSR count). The van der Waals surface area contributed by atoms with Crippen molar-refractivity contribution >= 4 is 27.3 Å². The summed E-state index contributed by atoms with van der Waals surface area (Å²) in [5.41, 5.74) is 1.42. The van der Waals surface area contributed by atoms with Crippen LogP contribution in [0.15, 0.2) is 46.3 Å². The monoisotopic (exact) mass is 337 g/mol. The highest BCUT2D eigenvalue weighted by Gasteiger charge is 2.12. The molecule has 1 N–H and O–H groups in total. The summed E-state index contributed by atoms with van der Waals surface area (Å²) in [7, 11) is 0. The number of hydrogen-bond donors (Lipinski definition) is 1. The molecule has 0 spiro atoms. The second-order valence-electron chi connectivity index (χ2n) is 4.67. The molecular weight excluding hydrogens is 318 g/mol. The van der Waals surface area contributed by atoms with Crippen LogP contribution in [-0.2, 0) is 6.42 Å². The van der Waals surface area contributed by atoms with Gasteiger partial charge in [0.1, 0.15) is 0 Å². The van der Waals surface area contributed by atoms with E-state index in [2.05, 4.69) is 70.6 Å². The van der Waals surface area contributed by atoms with Gasteiger partial charge in [-0.25, -0.2) is 0 Å². The fourth-order valence-corrected chi connectivity index (χ4v) is 3.67. The lowest BCUT2D eigenvalue weighted by Gasteiger charge is -2.17. The molecule has 0 bridgehead atoms. The van der Waals surface area contributed by atoms with Crippen molar-refractivity contribution in [1.82, 2.24) is 5.32 Å². The average Bonchev–Trinajstić information content (AvgIpc) is 2.86. The van der Waals surface area contributed by atoms with E-state index in [9.17, 15) is 0 Å². The van der Waals surface area contributed by atoms with E-state index in [1.54, 1.807) is 0 Å². The number of benzene rings is 1. The Morgan fingerprint density at radius 3 is 2.58 bits per heavy atom. The van der Waals surface area contributed by atoms with Crippen molar-refractivity contribution in [3.63, 3.8) is 0 Å². The summed E-state index contributed by atoms with van der Waals surface area (Å²) in [6, 6.07) is 15.6. The van der Waals surface area contributed by atoms with Crippen molar-refractivity contribution in [2.75, 3.05) is 6.54 Å². The standard InChI is InChI=1S/C16H20BrNS/c1-2-12-18-14(15-10-11-16(17)19-15)9-8-13-6-4-3-5-7-13/h3-7,10-11,14,18H,2,8-9,12H2,1H3. The first-order valence-corrected chi connectivity index (χ1v) is 8.43. The van der Waals surface area contributed by atoms with E-state index in [1.807, 2.05) is 11.3 Å². The Balaban J connectivity index is 1.98. The molecule has 1 aromatic carbocycles. The number of hydrogen-bond acceptors (Lipinski definition) is 2. The van der Waals surface area contributed by atoms with Crippen LogP contribution in [0, 0.1) is 0 Å². The first-order chi connectivity index (χ1) is 9.29. The molecule has 0 saturated heterocycles. The van der Waals surface area contributed by atoms with E-state index in [4.69, 9.17) is 0 Å². The van der Waals surface area contributed by atoms with Crippen LogP contribution in [0.5, 0.6) is 0 Å². The van der Waals surface area contributed by atoms with E-state index in [0.717, 1.165) is 19.4 Å². The van der Waals surface area contributed by atoms with E-state index >= 15 is 0 Å². The van der Waals surface area contributed by atoms with Crippen molar-refractivity contribution in [2.45, 2.75) is 32.2 Å². The Kier molecular flexibility index (Phi) is 6.08. The molecule has 0 aliphatic carbocycles. The molecule has 19 heavy (non-hydrogen) atoms. The Hall–Kier alpha value is -0.640. The molecule has 3 heteroatoms. The van der Waals surface area contributed by atoms with Gasteiger partial charge in [-0.2, -0.15) is 0 Å². The third-order valence-electron chi connectivity index (χ3n) is 3.14. The molecule has 1 aromatic heterocycles. The molecule has 0 saturated carbocycles. The second-order valence-corrected chi connectivity index (χ2v) is 7.17. The van der Waals surface area contributed by atoms with Gasteiger partial charge < -0.3 is 5.32 Å². The lowest BCUT2D eigenvalue weighted by molar-refractivity contribution is 0.506. The molecule has 1 heterocycles. The summed E-state index contributed by atoms with van der Waals surface area (Å²) < 4.78 is 1.21. The zero-order valence-corrected chi connectivity index (χ0v) is 13.6. The highest BCUT2D eigenvalue weighted by atomic mass is 79.9. The van der Waals surface area contributed by atoms with Gasteiger partial charge in [-0.15, -0.1) is 11.3 Å². The van der Waals surface area contributed by atoms with Crippen molar-refractivity contribution in [1.29, 1.82) is 0 Å². The maximum Gasteiger partial charge on any atom is 0.0701 e. The average molecular weight is 338 g/mol. The molecule has 1 unspecified atom stereocenters. The number of thiophene rings is 1. The fourth-order valence-electron chi connectivity index (χ4n) is 2.13. The molecule has 0 aliphatic heterocycles. The molecular formula is C16H20BrNS. The van der Waals surface area contributed by atoms with Crippen LogP contribution in [0.4, 0.5) is 0 Å². The van der Waals surface area contributed by atoms with E-state index in [0.29, 0.717) is 6.04 Å². The smallest absolute Gasteiger partial charge is 0.0701 e. The molecule has 0 aliphatic rings. The topological polar surface area (TPSA) is 12.0 Å². The van der Waals surface area contributed by atoms with Crippen LogP contribution in [0.2, 0.25) is 0 Å². The van der Waals surface area contributed by atoms with Crippen molar-refractivity contribution in [3.8, 4) is 0 Å². The summed E-state index contributed by atoms with van der Waals surface area (Å²) in [5, 5.41) is 3.66. The van der Waals surface area contributed by atoms with Gasteiger partial charge in [0.05, 0.1) is 3.79 Å². The Morgan fingerprint density at radius 1 is 1.16 bits per heavy atom. The summed E-state index contributed by atoms with van der Waals surface area (Å²) >= 11 is 5.39. The van der Waals surface area contributed by atoms with Gasteiger partial charge in [0, 0.05) is 10.9 Å². The van der Waals surface area contributed by atoms with Crippen LogP contribution >= 0.6 is 27.3 Å². The minimum Gasteiger partial charge on any atom is -0.309 e. The number of halogens is 1. The highest BCUT2D eigenvalue weighted by Crippen LogP contribution is 2.29. The zero-order chi connectivity index (χ0) is 13.5. The lowest BCUT2D eigenvalue weighted by atomic mass is 10.0. The predicted molar refractivity (Wildman–Crippen MR) is 87.8 cm³/mol. The molecule has 0 amide bonds. The Bertz CT molecular complexity index is 481. The molecule has 1 atom stereocenters. The Labute approximate surface area is 128 Å². The molecule has 2 aromatic rings. The number of aryl methyl sites for hydroxylation is 1. The van der Waals surface area contributed by atoms with Gasteiger partial charge in [0.2, 0.25) is 0 Å². The zero-order valence-electron chi connectivity index (χ0n) is 11.2.